The number of aryl methyl sites for hydroxylation is 1. The average Bonchev–Trinajstić information content (AvgIpc) is 3.15. The number of hydrogen-bond donors (Lipinski definition) is 1. The lowest BCUT2D eigenvalue weighted by molar-refractivity contribution is -0.139. The molecule has 3 aromatic carbocycles. The molecule has 0 saturated carbocycles. The fraction of sp³-hybridized carbons (Fsp3) is 0.107. The molecule has 6 heteroatoms. The topological polar surface area (TPSA) is 77.4 Å². The number of ether oxygens (including phenoxy) is 1. The molecule has 0 atom stereocenters. The SMILES string of the molecule is CC(=O)N/C(=C/c1ccccc1)C(=O)OCC(=O)c1c(-c2ccccc2)n(C)c2ccccc12. The number of rotatable bonds is 7. The molecule has 1 heterocycles. The van der Waals surface area contributed by atoms with Crippen LogP contribution in [0.25, 0.3) is 28.2 Å². The highest BCUT2D eigenvalue weighted by atomic mass is 16.5. The second-order valence-electron chi connectivity index (χ2n) is 7.81. The van der Waals surface area contributed by atoms with Gasteiger partial charge in [-0.25, -0.2) is 4.79 Å². The van der Waals surface area contributed by atoms with Gasteiger partial charge in [-0.05, 0) is 23.3 Å². The Morgan fingerprint density at radius 2 is 1.50 bits per heavy atom. The van der Waals surface area contributed by atoms with E-state index in [2.05, 4.69) is 5.32 Å². The Bertz CT molecular complexity index is 1390. The van der Waals surface area contributed by atoms with Gasteiger partial charge in [-0.2, -0.15) is 0 Å². The first-order valence-corrected chi connectivity index (χ1v) is 10.8. The van der Waals surface area contributed by atoms with Crippen LogP contribution < -0.4 is 5.32 Å². The summed E-state index contributed by atoms with van der Waals surface area (Å²) in [6.45, 7) is 0.845. The maximum Gasteiger partial charge on any atom is 0.355 e. The van der Waals surface area contributed by atoms with Crippen molar-refractivity contribution in [3.63, 3.8) is 0 Å². The van der Waals surface area contributed by atoms with Gasteiger partial charge in [0.15, 0.2) is 6.61 Å². The number of para-hydroxylation sites is 1. The second-order valence-corrected chi connectivity index (χ2v) is 7.81. The van der Waals surface area contributed by atoms with Crippen molar-refractivity contribution in [2.45, 2.75) is 6.92 Å². The number of Topliss-reactive ketones (excluding diaryl/α,β-unsaturated/α-hetero) is 1. The molecule has 0 unspecified atom stereocenters. The number of carbonyl (C=O) groups is 3. The Morgan fingerprint density at radius 3 is 2.18 bits per heavy atom. The van der Waals surface area contributed by atoms with Gasteiger partial charge < -0.3 is 14.6 Å². The lowest BCUT2D eigenvalue weighted by Gasteiger charge is -2.10. The number of nitrogens with one attached hydrogen (secondary N) is 1. The van der Waals surface area contributed by atoms with E-state index >= 15 is 0 Å². The number of nitrogens with zero attached hydrogens (tertiary/aromatic N) is 1. The zero-order chi connectivity index (χ0) is 24.1. The van der Waals surface area contributed by atoms with Gasteiger partial charge in [0.2, 0.25) is 11.7 Å². The summed E-state index contributed by atoms with van der Waals surface area (Å²) in [5, 5.41) is 3.28. The minimum absolute atomic E-state index is 0.0345. The van der Waals surface area contributed by atoms with Gasteiger partial charge in [-0.15, -0.1) is 0 Å². The van der Waals surface area contributed by atoms with Crippen LogP contribution in [-0.4, -0.2) is 28.8 Å². The number of ketones is 1. The first-order valence-electron chi connectivity index (χ1n) is 10.8. The summed E-state index contributed by atoms with van der Waals surface area (Å²) in [5.41, 5.74) is 3.72. The zero-order valence-corrected chi connectivity index (χ0v) is 18.9. The Balaban J connectivity index is 1.64. The number of amides is 1. The maximum atomic E-state index is 13.4. The van der Waals surface area contributed by atoms with Gasteiger partial charge in [0.25, 0.3) is 0 Å². The third kappa shape index (κ3) is 4.81. The van der Waals surface area contributed by atoms with Gasteiger partial charge in [-0.3, -0.25) is 9.59 Å². The fourth-order valence-electron chi connectivity index (χ4n) is 3.94. The van der Waals surface area contributed by atoms with Crippen molar-refractivity contribution < 1.29 is 19.1 Å². The van der Waals surface area contributed by atoms with Crippen molar-refractivity contribution in [2.75, 3.05) is 6.61 Å². The number of benzene rings is 3. The average molecular weight is 453 g/mol. The zero-order valence-electron chi connectivity index (χ0n) is 18.9. The molecule has 0 aliphatic heterocycles. The molecule has 0 aliphatic carbocycles. The van der Waals surface area contributed by atoms with Gasteiger partial charge in [0.1, 0.15) is 5.70 Å². The van der Waals surface area contributed by atoms with Crippen LogP contribution in [0.2, 0.25) is 0 Å². The highest BCUT2D eigenvalue weighted by Gasteiger charge is 2.24. The van der Waals surface area contributed by atoms with E-state index in [-0.39, 0.29) is 11.5 Å². The molecule has 1 amide bonds. The minimum Gasteiger partial charge on any atom is -0.453 e. The Morgan fingerprint density at radius 1 is 0.882 bits per heavy atom. The van der Waals surface area contributed by atoms with E-state index in [9.17, 15) is 14.4 Å². The normalized spacial score (nSPS) is 11.3. The van der Waals surface area contributed by atoms with Crippen LogP contribution in [0.1, 0.15) is 22.8 Å². The summed E-state index contributed by atoms with van der Waals surface area (Å²) in [5.74, 6) is -1.52. The quantitative estimate of drug-likeness (QED) is 0.249. The smallest absolute Gasteiger partial charge is 0.355 e. The van der Waals surface area contributed by atoms with Crippen molar-refractivity contribution in [1.82, 2.24) is 9.88 Å². The van der Waals surface area contributed by atoms with Gasteiger partial charge in [0.05, 0.1) is 11.3 Å². The summed E-state index contributed by atoms with van der Waals surface area (Å²) in [4.78, 5) is 37.8. The van der Waals surface area contributed by atoms with Crippen LogP contribution in [0.3, 0.4) is 0 Å². The summed E-state index contributed by atoms with van der Waals surface area (Å²) >= 11 is 0. The largest absolute Gasteiger partial charge is 0.453 e. The summed E-state index contributed by atoms with van der Waals surface area (Å²) in [6.07, 6.45) is 1.52. The van der Waals surface area contributed by atoms with Gasteiger partial charge in [-0.1, -0.05) is 78.9 Å². The van der Waals surface area contributed by atoms with Crippen LogP contribution in [0.4, 0.5) is 0 Å². The molecule has 4 aromatic rings. The molecule has 0 fully saturated rings. The predicted molar refractivity (Wildman–Crippen MR) is 132 cm³/mol. The fourth-order valence-corrected chi connectivity index (χ4v) is 3.94. The molecule has 170 valence electrons. The molecule has 0 spiro atoms. The van der Waals surface area contributed by atoms with E-state index in [1.807, 2.05) is 84.4 Å². The van der Waals surface area contributed by atoms with Gasteiger partial charge in [0, 0.05) is 24.9 Å². The molecule has 34 heavy (non-hydrogen) atoms. The lowest BCUT2D eigenvalue weighted by Crippen LogP contribution is -2.27. The van der Waals surface area contributed by atoms with E-state index in [1.54, 1.807) is 12.1 Å². The number of fused-ring (bicyclic) bond motifs is 1. The van der Waals surface area contributed by atoms with Crippen molar-refractivity contribution in [3.05, 3.63) is 102 Å². The first-order chi connectivity index (χ1) is 16.5. The Labute approximate surface area is 197 Å². The van der Waals surface area contributed by atoms with E-state index in [1.165, 1.54) is 13.0 Å². The van der Waals surface area contributed by atoms with Gasteiger partial charge >= 0.3 is 5.97 Å². The number of carbonyl (C=O) groups excluding carboxylic acids is 3. The van der Waals surface area contributed by atoms with Crippen LogP contribution in [0, 0.1) is 0 Å². The Kier molecular flexibility index (Phi) is 6.69. The number of esters is 1. The summed E-state index contributed by atoms with van der Waals surface area (Å²) in [6, 6.07) is 26.3. The summed E-state index contributed by atoms with van der Waals surface area (Å²) < 4.78 is 7.33. The van der Waals surface area contributed by atoms with Crippen LogP contribution in [-0.2, 0) is 21.4 Å². The first kappa shape index (κ1) is 22.7. The predicted octanol–water partition coefficient (Wildman–Crippen LogP) is 4.75. The van der Waals surface area contributed by atoms with Crippen molar-refractivity contribution in [2.24, 2.45) is 7.05 Å². The van der Waals surface area contributed by atoms with E-state index in [4.69, 9.17) is 4.74 Å². The third-order valence-corrected chi connectivity index (χ3v) is 5.41. The molecule has 0 bridgehead atoms. The highest BCUT2D eigenvalue weighted by molar-refractivity contribution is 6.14. The number of hydrogen-bond acceptors (Lipinski definition) is 4. The number of aromatic nitrogens is 1. The van der Waals surface area contributed by atoms with E-state index in [0.29, 0.717) is 5.56 Å². The molecule has 6 nitrogen and oxygen atoms in total. The monoisotopic (exact) mass is 452 g/mol. The van der Waals surface area contributed by atoms with Crippen molar-refractivity contribution in [1.29, 1.82) is 0 Å². The molecular weight excluding hydrogens is 428 g/mol. The Hall–Kier alpha value is -4.45. The second kappa shape index (κ2) is 10.0. The molecular formula is C28H24N2O4. The minimum atomic E-state index is -0.783. The standard InChI is InChI=1S/C28H24N2O4/c1-19(31)29-23(17-20-11-5-3-6-12-20)28(33)34-18-25(32)26-22-15-9-10-16-24(22)30(2)27(26)21-13-7-4-8-14-21/h3-17H,18H2,1-2H3,(H,29,31)/b23-17+. The molecule has 1 aromatic heterocycles. The van der Waals surface area contributed by atoms with Crippen LogP contribution >= 0.6 is 0 Å². The lowest BCUT2D eigenvalue weighted by atomic mass is 10.0. The van der Waals surface area contributed by atoms with Crippen molar-refractivity contribution in [3.8, 4) is 11.3 Å². The van der Waals surface area contributed by atoms with Crippen molar-refractivity contribution >= 4 is 34.6 Å². The third-order valence-electron chi connectivity index (χ3n) is 5.41. The summed E-state index contributed by atoms with van der Waals surface area (Å²) in [7, 11) is 1.91. The van der Waals surface area contributed by atoms with Crippen LogP contribution in [0.5, 0.6) is 0 Å². The van der Waals surface area contributed by atoms with Crippen LogP contribution in [0.15, 0.2) is 90.6 Å². The molecule has 0 aliphatic rings. The van der Waals surface area contributed by atoms with E-state index < -0.39 is 18.5 Å². The maximum absolute atomic E-state index is 13.4. The van der Waals surface area contributed by atoms with E-state index in [0.717, 1.165) is 27.7 Å². The molecule has 1 N–H and O–H groups in total. The highest BCUT2D eigenvalue weighted by Crippen LogP contribution is 2.33. The molecule has 0 saturated heterocycles. The molecule has 0 radical (unpaired) electrons. The molecule has 4 rings (SSSR count).